The number of hydrogen-bond acceptors (Lipinski definition) is 3. The Morgan fingerprint density at radius 2 is 2.05 bits per heavy atom. The van der Waals surface area contributed by atoms with E-state index in [0.29, 0.717) is 16.9 Å². The zero-order chi connectivity index (χ0) is 14.7. The molecule has 2 rings (SSSR count). The van der Waals surface area contributed by atoms with Gasteiger partial charge in [0, 0.05) is 15.8 Å². The van der Waals surface area contributed by atoms with Crippen LogP contribution >= 0.6 is 15.9 Å². The summed E-state index contributed by atoms with van der Waals surface area (Å²) in [5.41, 5.74) is 6.57. The number of nitrogens with one attached hydrogen (secondary N) is 1. The molecule has 100 valence electrons. The number of carbonyl (C=O) groups excluding carboxylic acids is 1. The molecule has 1 amide bonds. The fourth-order valence-electron chi connectivity index (χ4n) is 1.63. The molecule has 2 aromatic carbocycles. The Balaban J connectivity index is 2.26. The van der Waals surface area contributed by atoms with Crippen molar-refractivity contribution in [2.45, 2.75) is 0 Å². The number of nitrogens with two attached hydrogens (primary N) is 1. The third kappa shape index (κ3) is 2.95. The first-order valence-electron chi connectivity index (χ1n) is 5.57. The van der Waals surface area contributed by atoms with Crippen LogP contribution in [0.1, 0.15) is 15.9 Å². The third-order valence-corrected chi connectivity index (χ3v) is 3.10. The monoisotopic (exact) mass is 333 g/mol. The van der Waals surface area contributed by atoms with Crippen molar-refractivity contribution in [1.29, 1.82) is 5.26 Å². The number of amides is 1. The lowest BCUT2D eigenvalue weighted by molar-refractivity contribution is 0.102. The quantitative estimate of drug-likeness (QED) is 0.827. The Hall–Kier alpha value is -2.39. The van der Waals surface area contributed by atoms with Crippen molar-refractivity contribution >= 4 is 33.2 Å². The molecule has 0 bridgehead atoms. The second-order valence-corrected chi connectivity index (χ2v) is 4.91. The number of nitrogens with zero attached hydrogens (tertiary/aromatic N) is 1. The molecule has 0 heterocycles. The molecule has 0 aromatic heterocycles. The van der Waals surface area contributed by atoms with Crippen LogP contribution in [0.25, 0.3) is 0 Å². The Morgan fingerprint density at radius 3 is 2.70 bits per heavy atom. The number of carbonyl (C=O) groups is 1. The van der Waals surface area contributed by atoms with Crippen LogP contribution in [0.3, 0.4) is 0 Å². The number of nitrogen functional groups attached to an aromatic ring is 1. The molecule has 0 unspecified atom stereocenters. The minimum absolute atomic E-state index is 0.133. The van der Waals surface area contributed by atoms with Crippen LogP contribution < -0.4 is 11.1 Å². The molecule has 0 aliphatic heterocycles. The summed E-state index contributed by atoms with van der Waals surface area (Å²) < 4.78 is 13.9. The summed E-state index contributed by atoms with van der Waals surface area (Å²) in [7, 11) is 0. The normalized spacial score (nSPS) is 9.85. The van der Waals surface area contributed by atoms with Gasteiger partial charge in [-0.1, -0.05) is 15.9 Å². The standard InChI is InChI=1S/C14H9BrFN3O/c15-9-1-3-11(13(18)6-9)14(20)19-10-2-4-12(16)8(5-10)7-17/h1-6H,18H2,(H,19,20). The fraction of sp³-hybridized carbons (Fsp3) is 0. The van der Waals surface area contributed by atoms with Crippen molar-refractivity contribution in [1.82, 2.24) is 0 Å². The molecule has 6 heteroatoms. The molecule has 3 N–H and O–H groups in total. The SMILES string of the molecule is N#Cc1cc(NC(=O)c2ccc(Br)cc2N)ccc1F. The van der Waals surface area contributed by atoms with Gasteiger partial charge in [-0.05, 0) is 36.4 Å². The topological polar surface area (TPSA) is 78.9 Å². The van der Waals surface area contributed by atoms with Crippen molar-refractivity contribution in [2.24, 2.45) is 0 Å². The molecule has 0 saturated carbocycles. The molecule has 20 heavy (non-hydrogen) atoms. The lowest BCUT2D eigenvalue weighted by Gasteiger charge is -2.08. The Morgan fingerprint density at radius 1 is 1.30 bits per heavy atom. The van der Waals surface area contributed by atoms with Crippen molar-refractivity contribution < 1.29 is 9.18 Å². The van der Waals surface area contributed by atoms with Gasteiger partial charge >= 0.3 is 0 Å². The van der Waals surface area contributed by atoms with E-state index in [9.17, 15) is 9.18 Å². The zero-order valence-electron chi connectivity index (χ0n) is 10.2. The second kappa shape index (κ2) is 5.72. The van der Waals surface area contributed by atoms with E-state index in [1.165, 1.54) is 12.1 Å². The summed E-state index contributed by atoms with van der Waals surface area (Å²) in [4.78, 5) is 12.0. The number of halogens is 2. The maximum Gasteiger partial charge on any atom is 0.257 e. The number of benzene rings is 2. The summed E-state index contributed by atoms with van der Waals surface area (Å²) in [5.74, 6) is -1.06. The molecule has 0 radical (unpaired) electrons. The van der Waals surface area contributed by atoms with Gasteiger partial charge in [-0.3, -0.25) is 4.79 Å². The predicted octanol–water partition coefficient (Wildman–Crippen LogP) is 3.29. The molecule has 0 aliphatic carbocycles. The third-order valence-electron chi connectivity index (χ3n) is 2.60. The van der Waals surface area contributed by atoms with Crippen LogP contribution in [0.15, 0.2) is 40.9 Å². The first kappa shape index (κ1) is 14.0. The van der Waals surface area contributed by atoms with Gasteiger partial charge in [0.1, 0.15) is 11.9 Å². The molecule has 0 saturated heterocycles. The van der Waals surface area contributed by atoms with Gasteiger partial charge in [-0.2, -0.15) is 5.26 Å². The van der Waals surface area contributed by atoms with Gasteiger partial charge < -0.3 is 11.1 Å². The smallest absolute Gasteiger partial charge is 0.257 e. The molecule has 0 spiro atoms. The van der Waals surface area contributed by atoms with E-state index < -0.39 is 11.7 Å². The number of nitriles is 1. The average Bonchev–Trinajstić information content (AvgIpc) is 2.40. The van der Waals surface area contributed by atoms with Crippen molar-refractivity contribution in [2.75, 3.05) is 11.1 Å². The zero-order valence-corrected chi connectivity index (χ0v) is 11.7. The van der Waals surface area contributed by atoms with Gasteiger partial charge in [0.2, 0.25) is 0 Å². The molecule has 0 atom stereocenters. The van der Waals surface area contributed by atoms with Gasteiger partial charge in [0.25, 0.3) is 5.91 Å². The highest BCUT2D eigenvalue weighted by Crippen LogP contribution is 2.20. The van der Waals surface area contributed by atoms with Crippen LogP contribution in [0.5, 0.6) is 0 Å². The van der Waals surface area contributed by atoms with Crippen LogP contribution in [0, 0.1) is 17.1 Å². The van der Waals surface area contributed by atoms with Crippen molar-refractivity contribution in [3.63, 3.8) is 0 Å². The van der Waals surface area contributed by atoms with Crippen molar-refractivity contribution in [3.05, 3.63) is 57.8 Å². The van der Waals surface area contributed by atoms with E-state index in [4.69, 9.17) is 11.0 Å². The maximum atomic E-state index is 13.2. The van der Waals surface area contributed by atoms with E-state index in [0.717, 1.165) is 10.5 Å². The lowest BCUT2D eigenvalue weighted by Crippen LogP contribution is -2.14. The molecule has 0 aliphatic rings. The van der Waals surface area contributed by atoms with E-state index in [1.54, 1.807) is 24.3 Å². The van der Waals surface area contributed by atoms with Crippen LogP contribution in [0.2, 0.25) is 0 Å². The van der Waals surface area contributed by atoms with Gasteiger partial charge in [-0.25, -0.2) is 4.39 Å². The predicted molar refractivity (Wildman–Crippen MR) is 77.6 cm³/mol. The Labute approximate surface area is 123 Å². The highest BCUT2D eigenvalue weighted by molar-refractivity contribution is 9.10. The van der Waals surface area contributed by atoms with Gasteiger partial charge in [-0.15, -0.1) is 0 Å². The summed E-state index contributed by atoms with van der Waals surface area (Å²) in [6.07, 6.45) is 0. The van der Waals surface area contributed by atoms with Crippen LogP contribution in [-0.2, 0) is 0 Å². The summed E-state index contributed by atoms with van der Waals surface area (Å²) in [6.45, 7) is 0. The van der Waals surface area contributed by atoms with Crippen molar-refractivity contribution in [3.8, 4) is 6.07 Å². The molecule has 2 aromatic rings. The Kier molecular flexibility index (Phi) is 4.01. The lowest BCUT2D eigenvalue weighted by atomic mass is 10.1. The first-order chi connectivity index (χ1) is 9.51. The second-order valence-electron chi connectivity index (χ2n) is 3.99. The van der Waals surface area contributed by atoms with Gasteiger partial charge in [0.15, 0.2) is 0 Å². The number of rotatable bonds is 2. The molecule has 0 fully saturated rings. The number of hydrogen-bond donors (Lipinski definition) is 2. The van der Waals surface area contributed by atoms with E-state index in [2.05, 4.69) is 21.2 Å². The fourth-order valence-corrected chi connectivity index (χ4v) is 2.01. The highest BCUT2D eigenvalue weighted by atomic mass is 79.9. The number of anilines is 2. The Bertz CT molecular complexity index is 725. The van der Waals surface area contributed by atoms with E-state index in [1.807, 2.05) is 0 Å². The molecular weight excluding hydrogens is 325 g/mol. The molecular formula is C14H9BrFN3O. The minimum Gasteiger partial charge on any atom is -0.398 e. The largest absolute Gasteiger partial charge is 0.398 e. The van der Waals surface area contributed by atoms with Crippen LogP contribution in [-0.4, -0.2) is 5.91 Å². The minimum atomic E-state index is -0.631. The first-order valence-corrected chi connectivity index (χ1v) is 6.36. The van der Waals surface area contributed by atoms with E-state index in [-0.39, 0.29) is 5.56 Å². The van der Waals surface area contributed by atoms with E-state index >= 15 is 0 Å². The van der Waals surface area contributed by atoms with Crippen LogP contribution in [0.4, 0.5) is 15.8 Å². The highest BCUT2D eigenvalue weighted by Gasteiger charge is 2.11. The molecule has 4 nitrogen and oxygen atoms in total. The summed E-state index contributed by atoms with van der Waals surface area (Å²) >= 11 is 3.25. The summed E-state index contributed by atoms with van der Waals surface area (Å²) in [6, 6.07) is 10.4. The maximum absolute atomic E-state index is 13.2. The summed E-state index contributed by atoms with van der Waals surface area (Å²) in [5, 5.41) is 11.3. The van der Waals surface area contributed by atoms with Gasteiger partial charge in [0.05, 0.1) is 11.1 Å². The average molecular weight is 334 g/mol.